The summed E-state index contributed by atoms with van der Waals surface area (Å²) in [7, 11) is 4.02. The van der Waals surface area contributed by atoms with Crippen molar-refractivity contribution in [1.82, 2.24) is 4.90 Å². The third-order valence-electron chi connectivity index (χ3n) is 2.19. The number of nitrogens with two attached hydrogens (primary N) is 1. The van der Waals surface area contributed by atoms with Crippen LogP contribution in [0.25, 0.3) is 0 Å². The molecule has 14 heavy (non-hydrogen) atoms. The topological polar surface area (TPSA) is 29.3 Å². The Balaban J connectivity index is 2.52. The average Bonchev–Trinajstić information content (AvgIpc) is 2.15. The van der Waals surface area contributed by atoms with E-state index in [4.69, 9.17) is 5.73 Å². The molecule has 0 heterocycles. The SMILES string of the molecule is CN(C)CC[C@H](N)c1ccc(F)cc1. The Morgan fingerprint density at radius 1 is 1.29 bits per heavy atom. The summed E-state index contributed by atoms with van der Waals surface area (Å²) >= 11 is 0. The first-order chi connectivity index (χ1) is 6.59. The highest BCUT2D eigenvalue weighted by molar-refractivity contribution is 5.19. The number of hydrogen-bond donors (Lipinski definition) is 1. The van der Waals surface area contributed by atoms with Gasteiger partial charge < -0.3 is 10.6 Å². The predicted octanol–water partition coefficient (Wildman–Crippen LogP) is 1.78. The minimum atomic E-state index is -0.214. The standard InChI is InChI=1S/C11H17FN2/c1-14(2)8-7-11(13)9-3-5-10(12)6-4-9/h3-6,11H,7-8,13H2,1-2H3/t11-/m0/s1. The fourth-order valence-corrected chi connectivity index (χ4v) is 1.27. The quantitative estimate of drug-likeness (QED) is 0.795. The maximum absolute atomic E-state index is 12.6. The third kappa shape index (κ3) is 3.44. The molecule has 1 aromatic carbocycles. The molecular formula is C11H17FN2. The van der Waals surface area contributed by atoms with Crippen LogP contribution in [0.4, 0.5) is 4.39 Å². The van der Waals surface area contributed by atoms with Crippen LogP contribution in [0, 0.1) is 5.82 Å². The molecule has 0 saturated carbocycles. The molecule has 0 spiro atoms. The summed E-state index contributed by atoms with van der Waals surface area (Å²) in [6.07, 6.45) is 0.888. The van der Waals surface area contributed by atoms with Gasteiger partial charge in [0.15, 0.2) is 0 Å². The van der Waals surface area contributed by atoms with E-state index < -0.39 is 0 Å². The van der Waals surface area contributed by atoms with Crippen LogP contribution < -0.4 is 5.73 Å². The molecule has 1 atom stereocenters. The molecule has 3 heteroatoms. The monoisotopic (exact) mass is 196 g/mol. The molecule has 0 aromatic heterocycles. The normalized spacial score (nSPS) is 13.2. The Bertz CT molecular complexity index is 269. The number of benzene rings is 1. The lowest BCUT2D eigenvalue weighted by atomic mass is 10.0. The molecule has 0 unspecified atom stereocenters. The lowest BCUT2D eigenvalue weighted by molar-refractivity contribution is 0.382. The van der Waals surface area contributed by atoms with Crippen molar-refractivity contribution in [2.75, 3.05) is 20.6 Å². The molecule has 1 rings (SSSR count). The van der Waals surface area contributed by atoms with Crippen molar-refractivity contribution in [2.24, 2.45) is 5.73 Å². The second-order valence-corrected chi connectivity index (χ2v) is 3.75. The Morgan fingerprint density at radius 3 is 2.36 bits per heavy atom. The van der Waals surface area contributed by atoms with Crippen molar-refractivity contribution in [3.63, 3.8) is 0 Å². The van der Waals surface area contributed by atoms with Crippen LogP contribution in [0.2, 0.25) is 0 Å². The number of halogens is 1. The number of hydrogen-bond acceptors (Lipinski definition) is 2. The van der Waals surface area contributed by atoms with Gasteiger partial charge in [-0.05, 0) is 44.8 Å². The highest BCUT2D eigenvalue weighted by atomic mass is 19.1. The summed E-state index contributed by atoms with van der Waals surface area (Å²) in [6, 6.07) is 6.39. The van der Waals surface area contributed by atoms with E-state index in [2.05, 4.69) is 4.90 Å². The Hall–Kier alpha value is -0.930. The minimum Gasteiger partial charge on any atom is -0.324 e. The third-order valence-corrected chi connectivity index (χ3v) is 2.19. The van der Waals surface area contributed by atoms with Crippen molar-refractivity contribution >= 4 is 0 Å². The van der Waals surface area contributed by atoms with E-state index in [0.29, 0.717) is 0 Å². The van der Waals surface area contributed by atoms with Crippen molar-refractivity contribution in [2.45, 2.75) is 12.5 Å². The highest BCUT2D eigenvalue weighted by Gasteiger charge is 2.05. The highest BCUT2D eigenvalue weighted by Crippen LogP contribution is 2.14. The zero-order valence-corrected chi connectivity index (χ0v) is 8.70. The lowest BCUT2D eigenvalue weighted by Gasteiger charge is -2.15. The Labute approximate surface area is 84.5 Å². The summed E-state index contributed by atoms with van der Waals surface area (Å²) in [5.41, 5.74) is 6.94. The summed E-state index contributed by atoms with van der Waals surface area (Å²) in [6.45, 7) is 0.943. The van der Waals surface area contributed by atoms with E-state index in [0.717, 1.165) is 18.5 Å². The van der Waals surface area contributed by atoms with Crippen LogP contribution in [0.3, 0.4) is 0 Å². The summed E-state index contributed by atoms with van der Waals surface area (Å²) in [5.74, 6) is -0.214. The molecule has 0 aliphatic heterocycles. The largest absolute Gasteiger partial charge is 0.324 e. The first-order valence-corrected chi connectivity index (χ1v) is 4.75. The molecule has 0 aliphatic carbocycles. The van der Waals surface area contributed by atoms with Gasteiger partial charge in [0.25, 0.3) is 0 Å². The van der Waals surface area contributed by atoms with E-state index >= 15 is 0 Å². The number of rotatable bonds is 4. The maximum Gasteiger partial charge on any atom is 0.123 e. The first-order valence-electron chi connectivity index (χ1n) is 4.75. The molecule has 0 saturated heterocycles. The molecule has 0 radical (unpaired) electrons. The zero-order chi connectivity index (χ0) is 10.6. The summed E-state index contributed by atoms with van der Waals surface area (Å²) in [4.78, 5) is 2.09. The van der Waals surface area contributed by atoms with Gasteiger partial charge >= 0.3 is 0 Å². The summed E-state index contributed by atoms with van der Waals surface area (Å²) in [5, 5.41) is 0. The van der Waals surface area contributed by atoms with Crippen LogP contribution in [-0.4, -0.2) is 25.5 Å². The fraction of sp³-hybridized carbons (Fsp3) is 0.455. The van der Waals surface area contributed by atoms with Crippen molar-refractivity contribution < 1.29 is 4.39 Å². The van der Waals surface area contributed by atoms with Crippen LogP contribution in [-0.2, 0) is 0 Å². The van der Waals surface area contributed by atoms with E-state index in [9.17, 15) is 4.39 Å². The van der Waals surface area contributed by atoms with Gasteiger partial charge in [-0.1, -0.05) is 12.1 Å². The number of nitrogens with zero attached hydrogens (tertiary/aromatic N) is 1. The second kappa shape index (κ2) is 5.08. The van der Waals surface area contributed by atoms with E-state index in [1.165, 1.54) is 12.1 Å². The Morgan fingerprint density at radius 2 is 1.86 bits per heavy atom. The van der Waals surface area contributed by atoms with E-state index in [-0.39, 0.29) is 11.9 Å². The van der Waals surface area contributed by atoms with Gasteiger partial charge in [-0.3, -0.25) is 0 Å². The molecule has 0 aliphatic rings. The van der Waals surface area contributed by atoms with E-state index in [1.54, 1.807) is 12.1 Å². The van der Waals surface area contributed by atoms with Gasteiger partial charge in [0.2, 0.25) is 0 Å². The average molecular weight is 196 g/mol. The molecule has 78 valence electrons. The molecule has 2 N–H and O–H groups in total. The fourth-order valence-electron chi connectivity index (χ4n) is 1.27. The van der Waals surface area contributed by atoms with Gasteiger partial charge in [-0.2, -0.15) is 0 Å². The van der Waals surface area contributed by atoms with Crippen LogP contribution in [0.1, 0.15) is 18.0 Å². The predicted molar refractivity (Wildman–Crippen MR) is 56.5 cm³/mol. The van der Waals surface area contributed by atoms with Crippen molar-refractivity contribution in [3.05, 3.63) is 35.6 Å². The van der Waals surface area contributed by atoms with Crippen molar-refractivity contribution in [1.29, 1.82) is 0 Å². The van der Waals surface area contributed by atoms with Gasteiger partial charge in [-0.15, -0.1) is 0 Å². The molecule has 0 bridgehead atoms. The van der Waals surface area contributed by atoms with Crippen LogP contribution >= 0.6 is 0 Å². The van der Waals surface area contributed by atoms with Gasteiger partial charge in [0.05, 0.1) is 0 Å². The molecule has 0 amide bonds. The molecule has 1 aromatic rings. The molecule has 0 fully saturated rings. The van der Waals surface area contributed by atoms with Gasteiger partial charge in [-0.25, -0.2) is 4.39 Å². The summed E-state index contributed by atoms with van der Waals surface area (Å²) < 4.78 is 12.6. The van der Waals surface area contributed by atoms with Gasteiger partial charge in [0.1, 0.15) is 5.82 Å². The maximum atomic E-state index is 12.6. The van der Waals surface area contributed by atoms with Crippen LogP contribution in [0.5, 0.6) is 0 Å². The second-order valence-electron chi connectivity index (χ2n) is 3.75. The van der Waals surface area contributed by atoms with Crippen molar-refractivity contribution in [3.8, 4) is 0 Å². The lowest BCUT2D eigenvalue weighted by Crippen LogP contribution is -2.20. The first kappa shape index (κ1) is 11.1. The van der Waals surface area contributed by atoms with Crippen LogP contribution in [0.15, 0.2) is 24.3 Å². The van der Waals surface area contributed by atoms with Gasteiger partial charge in [0, 0.05) is 6.04 Å². The van der Waals surface area contributed by atoms with E-state index in [1.807, 2.05) is 14.1 Å². The zero-order valence-electron chi connectivity index (χ0n) is 8.70. The minimum absolute atomic E-state index is 0.00185. The molecular weight excluding hydrogens is 179 g/mol. The molecule has 2 nitrogen and oxygen atoms in total. The Kier molecular flexibility index (Phi) is 4.04. The smallest absolute Gasteiger partial charge is 0.123 e.